The monoisotopic (exact) mass is 273 g/mol. The minimum Gasteiger partial charge on any atom is -0.389 e. The number of nitrogens with zero attached hydrogens (tertiary/aromatic N) is 3. The van der Waals surface area contributed by atoms with E-state index < -0.39 is 5.60 Å². The average Bonchev–Trinajstić information content (AvgIpc) is 2.75. The van der Waals surface area contributed by atoms with Gasteiger partial charge in [-0.2, -0.15) is 5.10 Å². The molecule has 4 heteroatoms. The Balaban J connectivity index is 2.06. The van der Waals surface area contributed by atoms with Gasteiger partial charge in [-0.25, -0.2) is 9.67 Å². The van der Waals surface area contributed by atoms with Crippen LogP contribution in [0.2, 0.25) is 0 Å². The molecule has 0 saturated heterocycles. The number of aliphatic hydroxyl groups is 1. The Morgan fingerprint density at radius 3 is 2.55 bits per heavy atom. The second-order valence-corrected chi connectivity index (χ2v) is 6.09. The molecule has 1 aromatic carbocycles. The Bertz CT molecular complexity index is 532. The molecule has 0 bridgehead atoms. The molecule has 1 aromatic heterocycles. The molecule has 1 unspecified atom stereocenters. The maximum Gasteiger partial charge on any atom is 0.138 e. The van der Waals surface area contributed by atoms with Crippen LogP contribution in [0.3, 0.4) is 0 Å². The zero-order chi connectivity index (χ0) is 14.6. The van der Waals surface area contributed by atoms with Gasteiger partial charge in [0.05, 0.1) is 5.60 Å². The first-order valence-electron chi connectivity index (χ1n) is 7.09. The van der Waals surface area contributed by atoms with Crippen molar-refractivity contribution >= 4 is 0 Å². The molecule has 108 valence electrons. The van der Waals surface area contributed by atoms with Crippen LogP contribution in [-0.4, -0.2) is 25.5 Å². The normalized spacial score (nSPS) is 14.4. The molecule has 20 heavy (non-hydrogen) atoms. The van der Waals surface area contributed by atoms with Crippen LogP contribution in [-0.2, 0) is 19.4 Å². The van der Waals surface area contributed by atoms with Crippen molar-refractivity contribution in [3.63, 3.8) is 0 Å². The number of hydrogen-bond acceptors (Lipinski definition) is 3. The zero-order valence-electron chi connectivity index (χ0n) is 12.5. The molecule has 0 amide bonds. The quantitative estimate of drug-likeness (QED) is 0.879. The van der Waals surface area contributed by atoms with E-state index in [1.54, 1.807) is 6.33 Å². The van der Waals surface area contributed by atoms with Gasteiger partial charge in [-0.1, -0.05) is 44.2 Å². The van der Waals surface area contributed by atoms with Gasteiger partial charge in [0.15, 0.2) is 0 Å². The van der Waals surface area contributed by atoms with Crippen LogP contribution >= 0.6 is 0 Å². The fraction of sp³-hybridized carbons (Fsp3) is 0.500. The first-order chi connectivity index (χ1) is 9.46. The molecule has 2 rings (SSSR count). The van der Waals surface area contributed by atoms with Crippen molar-refractivity contribution in [1.82, 2.24) is 14.8 Å². The molecule has 0 aliphatic carbocycles. The molecule has 0 fully saturated rings. The van der Waals surface area contributed by atoms with Gasteiger partial charge in [-0.15, -0.1) is 0 Å². The standard InChI is InChI=1S/C16H23N3O/c1-13(2)11-19-15(17-12-18-19)10-16(3,20)9-14-7-5-4-6-8-14/h4-8,12-13,20H,9-11H2,1-3H3. The lowest BCUT2D eigenvalue weighted by Crippen LogP contribution is -2.32. The van der Waals surface area contributed by atoms with E-state index >= 15 is 0 Å². The minimum atomic E-state index is -0.816. The Hall–Kier alpha value is -1.68. The van der Waals surface area contributed by atoms with Crippen molar-refractivity contribution in [2.24, 2.45) is 5.92 Å². The van der Waals surface area contributed by atoms with E-state index in [-0.39, 0.29) is 0 Å². The van der Waals surface area contributed by atoms with E-state index in [0.29, 0.717) is 18.8 Å². The van der Waals surface area contributed by atoms with Crippen LogP contribution in [0.1, 0.15) is 32.2 Å². The Kier molecular flexibility index (Phi) is 4.55. The van der Waals surface area contributed by atoms with Gasteiger partial charge in [0, 0.05) is 19.4 Å². The molecule has 1 N–H and O–H groups in total. The largest absolute Gasteiger partial charge is 0.389 e. The molecule has 2 aromatic rings. The Labute approximate surface area is 120 Å². The van der Waals surface area contributed by atoms with Gasteiger partial charge in [-0.3, -0.25) is 0 Å². The van der Waals surface area contributed by atoms with Gasteiger partial charge in [-0.05, 0) is 18.4 Å². The van der Waals surface area contributed by atoms with Gasteiger partial charge in [0.25, 0.3) is 0 Å². The number of benzene rings is 1. The van der Waals surface area contributed by atoms with E-state index in [2.05, 4.69) is 23.9 Å². The molecule has 0 aliphatic heterocycles. The summed E-state index contributed by atoms with van der Waals surface area (Å²) in [5.74, 6) is 1.36. The predicted molar refractivity (Wildman–Crippen MR) is 79.3 cm³/mol. The van der Waals surface area contributed by atoms with Crippen molar-refractivity contribution in [2.75, 3.05) is 0 Å². The zero-order valence-corrected chi connectivity index (χ0v) is 12.5. The van der Waals surface area contributed by atoms with Crippen LogP contribution in [0.25, 0.3) is 0 Å². The minimum absolute atomic E-state index is 0.509. The molecular weight excluding hydrogens is 250 g/mol. The van der Waals surface area contributed by atoms with E-state index in [4.69, 9.17) is 0 Å². The summed E-state index contributed by atoms with van der Waals surface area (Å²) in [6.07, 6.45) is 2.69. The van der Waals surface area contributed by atoms with Gasteiger partial charge < -0.3 is 5.11 Å². The van der Waals surface area contributed by atoms with E-state index in [1.807, 2.05) is 41.9 Å². The first-order valence-corrected chi connectivity index (χ1v) is 7.09. The summed E-state index contributed by atoms with van der Waals surface area (Å²) in [6.45, 7) is 6.98. The summed E-state index contributed by atoms with van der Waals surface area (Å²) in [7, 11) is 0. The molecule has 0 radical (unpaired) electrons. The second-order valence-electron chi connectivity index (χ2n) is 6.09. The van der Waals surface area contributed by atoms with Crippen LogP contribution in [0.15, 0.2) is 36.7 Å². The lowest BCUT2D eigenvalue weighted by Gasteiger charge is -2.23. The van der Waals surface area contributed by atoms with Crippen molar-refractivity contribution in [2.45, 2.75) is 45.8 Å². The van der Waals surface area contributed by atoms with Crippen molar-refractivity contribution < 1.29 is 5.11 Å². The van der Waals surface area contributed by atoms with Gasteiger partial charge >= 0.3 is 0 Å². The van der Waals surface area contributed by atoms with Crippen molar-refractivity contribution in [3.05, 3.63) is 48.0 Å². The molecule has 0 aliphatic rings. The lowest BCUT2D eigenvalue weighted by atomic mass is 9.93. The maximum absolute atomic E-state index is 10.6. The van der Waals surface area contributed by atoms with E-state index in [9.17, 15) is 5.11 Å². The summed E-state index contributed by atoms with van der Waals surface area (Å²) >= 11 is 0. The van der Waals surface area contributed by atoms with Crippen LogP contribution in [0, 0.1) is 5.92 Å². The van der Waals surface area contributed by atoms with E-state index in [0.717, 1.165) is 17.9 Å². The molecule has 0 saturated carbocycles. The Morgan fingerprint density at radius 1 is 1.20 bits per heavy atom. The molecular formula is C16H23N3O. The number of rotatable bonds is 6. The van der Waals surface area contributed by atoms with Gasteiger partial charge in [0.1, 0.15) is 12.2 Å². The summed E-state index contributed by atoms with van der Waals surface area (Å²) in [5.41, 5.74) is 0.316. The third-order valence-corrected chi connectivity index (χ3v) is 3.20. The summed E-state index contributed by atoms with van der Waals surface area (Å²) < 4.78 is 1.89. The van der Waals surface area contributed by atoms with Crippen molar-refractivity contribution in [3.8, 4) is 0 Å². The average molecular weight is 273 g/mol. The highest BCUT2D eigenvalue weighted by atomic mass is 16.3. The summed E-state index contributed by atoms with van der Waals surface area (Å²) in [6, 6.07) is 10.0. The molecule has 0 spiro atoms. The maximum atomic E-state index is 10.6. The van der Waals surface area contributed by atoms with Gasteiger partial charge in [0.2, 0.25) is 0 Å². The SMILES string of the molecule is CC(C)Cn1ncnc1CC(C)(O)Cc1ccccc1. The summed E-state index contributed by atoms with van der Waals surface area (Å²) in [4.78, 5) is 4.29. The van der Waals surface area contributed by atoms with E-state index in [1.165, 1.54) is 0 Å². The third kappa shape index (κ3) is 4.17. The highest BCUT2D eigenvalue weighted by Crippen LogP contribution is 2.18. The highest BCUT2D eigenvalue weighted by molar-refractivity contribution is 5.17. The fourth-order valence-corrected chi connectivity index (χ4v) is 2.36. The second kappa shape index (κ2) is 6.18. The predicted octanol–water partition coefficient (Wildman–Crippen LogP) is 2.47. The molecule has 1 atom stereocenters. The van der Waals surface area contributed by atoms with Crippen LogP contribution < -0.4 is 0 Å². The third-order valence-electron chi connectivity index (χ3n) is 3.20. The highest BCUT2D eigenvalue weighted by Gasteiger charge is 2.24. The topological polar surface area (TPSA) is 50.9 Å². The van der Waals surface area contributed by atoms with Crippen molar-refractivity contribution in [1.29, 1.82) is 0 Å². The number of aromatic nitrogens is 3. The molecule has 4 nitrogen and oxygen atoms in total. The molecule has 1 heterocycles. The summed E-state index contributed by atoms with van der Waals surface area (Å²) in [5, 5.41) is 14.9. The first kappa shape index (κ1) is 14.7. The van der Waals surface area contributed by atoms with Crippen LogP contribution in [0.4, 0.5) is 0 Å². The smallest absolute Gasteiger partial charge is 0.138 e. The lowest BCUT2D eigenvalue weighted by molar-refractivity contribution is 0.0573. The Morgan fingerprint density at radius 2 is 1.90 bits per heavy atom. The number of hydrogen-bond donors (Lipinski definition) is 1. The van der Waals surface area contributed by atoms with Crippen LogP contribution in [0.5, 0.6) is 0 Å². The fourth-order valence-electron chi connectivity index (χ4n) is 2.36.